The lowest BCUT2D eigenvalue weighted by molar-refractivity contribution is 0.196. The summed E-state index contributed by atoms with van der Waals surface area (Å²) in [4.78, 5) is 0. The van der Waals surface area contributed by atoms with Crippen LogP contribution in [0.1, 0.15) is 24.5 Å². The first-order chi connectivity index (χ1) is 10.1. The molecule has 0 aliphatic rings. The third-order valence-corrected chi connectivity index (χ3v) is 3.42. The van der Waals surface area contributed by atoms with Gasteiger partial charge in [-0.25, -0.2) is 0 Å². The monoisotopic (exact) mass is 276 g/mol. The molecule has 106 valence electrons. The standard InChI is InChI=1S/C20H20O/c1-17(19-11-7-4-8-12-19)15-20(2,16-21)14-13-18-9-5-3-6-10-18/h3-12,21H,1,15-16H2,2H3. The van der Waals surface area contributed by atoms with Crippen molar-refractivity contribution in [3.8, 4) is 11.8 Å². The molecule has 2 rings (SSSR count). The average Bonchev–Trinajstić information content (AvgIpc) is 2.55. The van der Waals surface area contributed by atoms with E-state index in [1.54, 1.807) is 0 Å². The highest BCUT2D eigenvalue weighted by molar-refractivity contribution is 5.64. The number of aliphatic hydroxyl groups is 1. The Kier molecular flexibility index (Phi) is 4.98. The second-order valence-electron chi connectivity index (χ2n) is 5.48. The first-order valence-corrected chi connectivity index (χ1v) is 7.05. The molecule has 0 saturated carbocycles. The van der Waals surface area contributed by atoms with Crippen molar-refractivity contribution in [2.45, 2.75) is 13.3 Å². The molecular weight excluding hydrogens is 256 g/mol. The largest absolute Gasteiger partial charge is 0.395 e. The Morgan fingerprint density at radius 2 is 1.62 bits per heavy atom. The van der Waals surface area contributed by atoms with E-state index in [0.29, 0.717) is 6.42 Å². The Balaban J connectivity index is 2.15. The van der Waals surface area contributed by atoms with Crippen LogP contribution in [-0.4, -0.2) is 11.7 Å². The smallest absolute Gasteiger partial charge is 0.0597 e. The molecule has 0 aromatic heterocycles. The van der Waals surface area contributed by atoms with Crippen LogP contribution in [0.4, 0.5) is 0 Å². The summed E-state index contributed by atoms with van der Waals surface area (Å²) >= 11 is 0. The van der Waals surface area contributed by atoms with Crippen molar-refractivity contribution >= 4 is 5.57 Å². The van der Waals surface area contributed by atoms with Crippen molar-refractivity contribution < 1.29 is 5.11 Å². The van der Waals surface area contributed by atoms with Crippen LogP contribution in [-0.2, 0) is 0 Å². The summed E-state index contributed by atoms with van der Waals surface area (Å²) in [5.74, 6) is 6.34. The molecule has 0 aliphatic carbocycles. The lowest BCUT2D eigenvalue weighted by atomic mass is 9.83. The van der Waals surface area contributed by atoms with Crippen molar-refractivity contribution in [3.63, 3.8) is 0 Å². The summed E-state index contributed by atoms with van der Waals surface area (Å²) in [5, 5.41) is 9.72. The Morgan fingerprint density at radius 3 is 2.19 bits per heavy atom. The number of benzene rings is 2. The first kappa shape index (κ1) is 15.1. The van der Waals surface area contributed by atoms with Crippen LogP contribution in [0.25, 0.3) is 5.57 Å². The fourth-order valence-corrected chi connectivity index (χ4v) is 2.13. The molecule has 2 aromatic carbocycles. The molecule has 21 heavy (non-hydrogen) atoms. The molecule has 0 aliphatic heterocycles. The summed E-state index contributed by atoms with van der Waals surface area (Å²) in [5.41, 5.74) is 2.57. The molecule has 0 spiro atoms. The summed E-state index contributed by atoms with van der Waals surface area (Å²) in [7, 11) is 0. The zero-order chi connectivity index (χ0) is 15.1. The lowest BCUT2D eigenvalue weighted by Crippen LogP contribution is -2.19. The highest BCUT2D eigenvalue weighted by atomic mass is 16.3. The number of hydrogen-bond acceptors (Lipinski definition) is 1. The maximum absolute atomic E-state index is 9.72. The summed E-state index contributed by atoms with van der Waals surface area (Å²) in [6.45, 7) is 6.12. The van der Waals surface area contributed by atoms with Crippen molar-refractivity contribution in [2.24, 2.45) is 5.41 Å². The molecule has 1 atom stereocenters. The van der Waals surface area contributed by atoms with Gasteiger partial charge in [0.25, 0.3) is 0 Å². The third kappa shape index (κ3) is 4.34. The molecule has 1 N–H and O–H groups in total. The second kappa shape index (κ2) is 6.92. The van der Waals surface area contributed by atoms with Gasteiger partial charge in [-0.3, -0.25) is 0 Å². The third-order valence-electron chi connectivity index (χ3n) is 3.42. The second-order valence-corrected chi connectivity index (χ2v) is 5.48. The van der Waals surface area contributed by atoms with E-state index < -0.39 is 5.41 Å². The predicted molar refractivity (Wildman–Crippen MR) is 88.6 cm³/mol. The van der Waals surface area contributed by atoms with Gasteiger partial charge in [0, 0.05) is 5.56 Å². The van der Waals surface area contributed by atoms with Crippen molar-refractivity contribution in [2.75, 3.05) is 6.61 Å². The summed E-state index contributed by atoms with van der Waals surface area (Å²) in [6, 6.07) is 19.9. The molecule has 0 bridgehead atoms. The quantitative estimate of drug-likeness (QED) is 0.832. The van der Waals surface area contributed by atoms with Crippen LogP contribution < -0.4 is 0 Å². The molecule has 0 fully saturated rings. The van der Waals surface area contributed by atoms with E-state index in [0.717, 1.165) is 16.7 Å². The highest BCUT2D eigenvalue weighted by Crippen LogP contribution is 2.29. The Bertz CT molecular complexity index is 646. The number of rotatable bonds is 4. The molecular formula is C20H20O. The van der Waals surface area contributed by atoms with Gasteiger partial charge in [-0.2, -0.15) is 0 Å². The first-order valence-electron chi connectivity index (χ1n) is 7.05. The van der Waals surface area contributed by atoms with E-state index in [1.165, 1.54) is 0 Å². The molecule has 1 nitrogen and oxygen atoms in total. The Hall–Kier alpha value is -2.30. The van der Waals surface area contributed by atoms with E-state index in [4.69, 9.17) is 0 Å². The number of allylic oxidation sites excluding steroid dienone is 1. The minimum Gasteiger partial charge on any atom is -0.395 e. The molecule has 1 unspecified atom stereocenters. The Morgan fingerprint density at radius 1 is 1.05 bits per heavy atom. The van der Waals surface area contributed by atoms with Crippen LogP contribution in [0.2, 0.25) is 0 Å². The van der Waals surface area contributed by atoms with Crippen molar-refractivity contribution in [3.05, 3.63) is 78.4 Å². The van der Waals surface area contributed by atoms with Gasteiger partial charge in [0.15, 0.2) is 0 Å². The van der Waals surface area contributed by atoms with Gasteiger partial charge in [0.2, 0.25) is 0 Å². The van der Waals surface area contributed by atoms with Crippen LogP contribution in [0.3, 0.4) is 0 Å². The maximum Gasteiger partial charge on any atom is 0.0597 e. The lowest BCUT2D eigenvalue weighted by Gasteiger charge is -2.22. The van der Waals surface area contributed by atoms with Gasteiger partial charge in [0.05, 0.1) is 12.0 Å². The number of aliphatic hydroxyl groups excluding tert-OH is 1. The maximum atomic E-state index is 9.72. The van der Waals surface area contributed by atoms with Crippen LogP contribution >= 0.6 is 0 Å². The minimum absolute atomic E-state index is 0.0126. The zero-order valence-corrected chi connectivity index (χ0v) is 12.3. The zero-order valence-electron chi connectivity index (χ0n) is 12.3. The summed E-state index contributed by atoms with van der Waals surface area (Å²) < 4.78 is 0. The molecule has 0 saturated heterocycles. The van der Waals surface area contributed by atoms with E-state index >= 15 is 0 Å². The summed E-state index contributed by atoms with van der Waals surface area (Å²) in [6.07, 6.45) is 0.646. The molecule has 0 amide bonds. The van der Waals surface area contributed by atoms with Crippen LogP contribution in [0, 0.1) is 17.3 Å². The molecule has 0 radical (unpaired) electrons. The minimum atomic E-state index is -0.483. The highest BCUT2D eigenvalue weighted by Gasteiger charge is 2.22. The Labute approximate surface area is 127 Å². The van der Waals surface area contributed by atoms with Crippen molar-refractivity contribution in [1.82, 2.24) is 0 Å². The molecule has 2 aromatic rings. The van der Waals surface area contributed by atoms with Gasteiger partial charge in [-0.05, 0) is 36.6 Å². The van der Waals surface area contributed by atoms with Crippen LogP contribution in [0.15, 0.2) is 67.2 Å². The van der Waals surface area contributed by atoms with E-state index in [1.807, 2.05) is 67.6 Å². The van der Waals surface area contributed by atoms with E-state index in [2.05, 4.69) is 18.4 Å². The molecule has 0 heterocycles. The normalized spacial score (nSPS) is 12.9. The fraction of sp³-hybridized carbons (Fsp3) is 0.200. The van der Waals surface area contributed by atoms with E-state index in [9.17, 15) is 5.11 Å². The van der Waals surface area contributed by atoms with Gasteiger partial charge < -0.3 is 5.11 Å². The van der Waals surface area contributed by atoms with Crippen molar-refractivity contribution in [1.29, 1.82) is 0 Å². The van der Waals surface area contributed by atoms with Gasteiger partial charge in [-0.1, -0.05) is 67.0 Å². The van der Waals surface area contributed by atoms with Gasteiger partial charge in [-0.15, -0.1) is 0 Å². The van der Waals surface area contributed by atoms with Gasteiger partial charge >= 0.3 is 0 Å². The number of hydrogen-bond donors (Lipinski definition) is 1. The van der Waals surface area contributed by atoms with Gasteiger partial charge in [0.1, 0.15) is 0 Å². The van der Waals surface area contributed by atoms with Crippen LogP contribution in [0.5, 0.6) is 0 Å². The van der Waals surface area contributed by atoms with E-state index in [-0.39, 0.29) is 6.61 Å². The predicted octanol–water partition coefficient (Wildman–Crippen LogP) is 4.14. The molecule has 1 heteroatoms. The average molecular weight is 276 g/mol. The topological polar surface area (TPSA) is 20.2 Å². The SMILES string of the molecule is C=C(CC(C)(C#Cc1ccccc1)CO)c1ccccc1. The fourth-order valence-electron chi connectivity index (χ4n) is 2.13.